The van der Waals surface area contributed by atoms with Crippen molar-refractivity contribution in [3.63, 3.8) is 0 Å². The molecule has 0 spiro atoms. The Hall–Kier alpha value is -3.85. The standard InChI is InChI=1S/C23H25N3O6/c1-2-30-22(25-23(27)32-16-17-7-4-3-5-8-17)15-20(21-9-6-14-31-21)24-18-10-12-19(13-11-18)26(28)29/h3-14,20,22,24H,2,15-16H2,1H3,(H,25,27)/t20-,22?/m0/s1. The zero-order valence-corrected chi connectivity index (χ0v) is 17.6. The van der Waals surface area contributed by atoms with Gasteiger partial charge in [0.1, 0.15) is 18.6 Å². The maximum Gasteiger partial charge on any atom is 0.409 e. The van der Waals surface area contributed by atoms with E-state index in [1.165, 1.54) is 12.1 Å². The molecule has 0 aliphatic heterocycles. The molecule has 0 fully saturated rings. The van der Waals surface area contributed by atoms with E-state index in [0.717, 1.165) is 5.56 Å². The van der Waals surface area contributed by atoms with Crippen LogP contribution in [0.25, 0.3) is 0 Å². The maximum absolute atomic E-state index is 12.3. The van der Waals surface area contributed by atoms with Gasteiger partial charge in [-0.15, -0.1) is 0 Å². The molecule has 32 heavy (non-hydrogen) atoms. The first-order chi connectivity index (χ1) is 15.5. The van der Waals surface area contributed by atoms with Crippen molar-refractivity contribution >= 4 is 17.5 Å². The molecule has 3 aromatic rings. The smallest absolute Gasteiger partial charge is 0.409 e. The van der Waals surface area contributed by atoms with Crippen molar-refractivity contribution in [1.29, 1.82) is 0 Å². The van der Waals surface area contributed by atoms with Crippen molar-refractivity contribution in [2.24, 2.45) is 0 Å². The second kappa shape index (κ2) is 11.5. The monoisotopic (exact) mass is 439 g/mol. The van der Waals surface area contributed by atoms with Gasteiger partial charge in [0.15, 0.2) is 0 Å². The highest BCUT2D eigenvalue weighted by Gasteiger charge is 2.23. The van der Waals surface area contributed by atoms with Gasteiger partial charge < -0.3 is 19.2 Å². The lowest BCUT2D eigenvalue weighted by atomic mass is 10.1. The second-order valence-corrected chi connectivity index (χ2v) is 6.90. The van der Waals surface area contributed by atoms with Gasteiger partial charge in [0.05, 0.1) is 17.2 Å². The summed E-state index contributed by atoms with van der Waals surface area (Å²) in [7, 11) is 0. The first kappa shape index (κ1) is 22.8. The zero-order valence-electron chi connectivity index (χ0n) is 17.6. The highest BCUT2D eigenvalue weighted by atomic mass is 16.6. The van der Waals surface area contributed by atoms with Crippen LogP contribution < -0.4 is 10.6 Å². The number of furan rings is 1. The SMILES string of the molecule is CCOC(C[C@H](Nc1ccc([N+](=O)[O-])cc1)c1ccco1)NC(=O)OCc1ccccc1. The van der Waals surface area contributed by atoms with Crippen molar-refractivity contribution in [3.05, 3.63) is 94.4 Å². The van der Waals surface area contributed by atoms with Crippen LogP contribution in [-0.2, 0) is 16.1 Å². The van der Waals surface area contributed by atoms with Gasteiger partial charge in [0.25, 0.3) is 5.69 Å². The van der Waals surface area contributed by atoms with Crippen LogP contribution in [0.4, 0.5) is 16.2 Å². The van der Waals surface area contributed by atoms with Gasteiger partial charge in [-0.05, 0) is 36.8 Å². The van der Waals surface area contributed by atoms with Crippen LogP contribution in [0.15, 0.2) is 77.4 Å². The highest BCUT2D eigenvalue weighted by Crippen LogP contribution is 2.26. The summed E-state index contributed by atoms with van der Waals surface area (Å²) in [6, 6.07) is 18.6. The number of nitro benzene ring substituents is 1. The van der Waals surface area contributed by atoms with Crippen LogP contribution in [-0.4, -0.2) is 23.9 Å². The summed E-state index contributed by atoms with van der Waals surface area (Å²) in [5.41, 5.74) is 1.54. The average molecular weight is 439 g/mol. The van der Waals surface area contributed by atoms with E-state index >= 15 is 0 Å². The number of amides is 1. The van der Waals surface area contributed by atoms with E-state index in [9.17, 15) is 14.9 Å². The lowest BCUT2D eigenvalue weighted by Gasteiger charge is -2.24. The van der Waals surface area contributed by atoms with Crippen molar-refractivity contribution in [1.82, 2.24) is 5.32 Å². The number of hydrogen-bond donors (Lipinski definition) is 2. The molecule has 168 valence electrons. The molecule has 3 rings (SSSR count). The first-order valence-corrected chi connectivity index (χ1v) is 10.2. The Morgan fingerprint density at radius 1 is 1.09 bits per heavy atom. The second-order valence-electron chi connectivity index (χ2n) is 6.90. The van der Waals surface area contributed by atoms with E-state index in [0.29, 0.717) is 24.5 Å². The van der Waals surface area contributed by atoms with Crippen molar-refractivity contribution in [2.75, 3.05) is 11.9 Å². The topological polar surface area (TPSA) is 116 Å². The number of alkyl carbamates (subject to hydrolysis) is 1. The van der Waals surface area contributed by atoms with Crippen LogP contribution in [0.3, 0.4) is 0 Å². The number of non-ortho nitro benzene ring substituents is 1. The van der Waals surface area contributed by atoms with E-state index in [1.54, 1.807) is 30.5 Å². The molecular formula is C23H25N3O6. The minimum absolute atomic E-state index is 0.000111. The summed E-state index contributed by atoms with van der Waals surface area (Å²) in [4.78, 5) is 22.7. The number of nitrogens with one attached hydrogen (secondary N) is 2. The Balaban J connectivity index is 1.65. The fourth-order valence-corrected chi connectivity index (χ4v) is 3.10. The van der Waals surface area contributed by atoms with Gasteiger partial charge in [-0.25, -0.2) is 4.79 Å². The van der Waals surface area contributed by atoms with Gasteiger partial charge in [-0.2, -0.15) is 0 Å². The number of ether oxygens (including phenoxy) is 2. The number of benzene rings is 2. The van der Waals surface area contributed by atoms with Crippen molar-refractivity contribution in [3.8, 4) is 0 Å². The first-order valence-electron chi connectivity index (χ1n) is 10.2. The molecule has 2 aromatic carbocycles. The molecule has 0 saturated carbocycles. The Morgan fingerprint density at radius 2 is 1.84 bits per heavy atom. The Morgan fingerprint density at radius 3 is 2.47 bits per heavy atom. The molecule has 9 nitrogen and oxygen atoms in total. The molecule has 1 aromatic heterocycles. The fraction of sp³-hybridized carbons (Fsp3) is 0.261. The van der Waals surface area contributed by atoms with E-state index in [2.05, 4.69) is 10.6 Å². The van der Waals surface area contributed by atoms with Crippen molar-refractivity contribution in [2.45, 2.75) is 32.2 Å². The molecule has 0 aliphatic carbocycles. The normalized spacial score (nSPS) is 12.5. The lowest BCUT2D eigenvalue weighted by molar-refractivity contribution is -0.384. The molecule has 0 bridgehead atoms. The summed E-state index contributed by atoms with van der Waals surface area (Å²) in [6.07, 6.45) is 0.639. The quantitative estimate of drug-likeness (QED) is 0.245. The summed E-state index contributed by atoms with van der Waals surface area (Å²) in [6.45, 7) is 2.36. The van der Waals surface area contributed by atoms with Crippen LogP contribution in [0.5, 0.6) is 0 Å². The molecule has 9 heteroatoms. The van der Waals surface area contributed by atoms with E-state index < -0.39 is 17.2 Å². The number of carbonyl (C=O) groups is 1. The third-order valence-corrected chi connectivity index (χ3v) is 4.61. The molecule has 0 radical (unpaired) electrons. The summed E-state index contributed by atoms with van der Waals surface area (Å²) in [5, 5.41) is 16.9. The number of nitro groups is 1. The molecule has 0 aliphatic rings. The summed E-state index contributed by atoms with van der Waals surface area (Å²) in [5.74, 6) is 0.632. The van der Waals surface area contributed by atoms with E-state index in [4.69, 9.17) is 13.9 Å². The van der Waals surface area contributed by atoms with Gasteiger partial charge >= 0.3 is 6.09 Å². The highest BCUT2D eigenvalue weighted by molar-refractivity contribution is 5.67. The predicted octanol–water partition coefficient (Wildman–Crippen LogP) is 5.02. The van der Waals surface area contributed by atoms with E-state index in [-0.39, 0.29) is 18.3 Å². The molecule has 2 atom stereocenters. The van der Waals surface area contributed by atoms with Gasteiger partial charge in [-0.1, -0.05) is 30.3 Å². The lowest BCUT2D eigenvalue weighted by Crippen LogP contribution is -2.39. The number of hydrogen-bond acceptors (Lipinski definition) is 7. The Labute approximate surface area is 185 Å². The Bertz CT molecular complexity index is 977. The van der Waals surface area contributed by atoms with Crippen molar-refractivity contribution < 1.29 is 23.6 Å². The summed E-state index contributed by atoms with van der Waals surface area (Å²) >= 11 is 0. The van der Waals surface area contributed by atoms with Gasteiger partial charge in [0, 0.05) is 30.8 Å². The number of anilines is 1. The minimum atomic E-state index is -0.649. The van der Waals surface area contributed by atoms with Crippen LogP contribution in [0, 0.1) is 10.1 Å². The van der Waals surface area contributed by atoms with Gasteiger partial charge in [-0.3, -0.25) is 15.4 Å². The van der Waals surface area contributed by atoms with Crippen LogP contribution in [0.2, 0.25) is 0 Å². The molecule has 2 N–H and O–H groups in total. The molecule has 0 saturated heterocycles. The zero-order chi connectivity index (χ0) is 22.8. The third kappa shape index (κ3) is 6.85. The maximum atomic E-state index is 12.3. The minimum Gasteiger partial charge on any atom is -0.467 e. The third-order valence-electron chi connectivity index (χ3n) is 4.61. The fourth-order valence-electron chi connectivity index (χ4n) is 3.10. The largest absolute Gasteiger partial charge is 0.467 e. The van der Waals surface area contributed by atoms with E-state index in [1.807, 2.05) is 37.3 Å². The van der Waals surface area contributed by atoms with Gasteiger partial charge in [0.2, 0.25) is 0 Å². The van der Waals surface area contributed by atoms with Crippen LogP contribution in [0.1, 0.15) is 30.7 Å². The number of nitrogens with zero attached hydrogens (tertiary/aromatic N) is 1. The number of carbonyl (C=O) groups excluding carboxylic acids is 1. The molecule has 1 heterocycles. The number of rotatable bonds is 11. The molecular weight excluding hydrogens is 414 g/mol. The van der Waals surface area contributed by atoms with Crippen LogP contribution >= 0.6 is 0 Å². The predicted molar refractivity (Wildman–Crippen MR) is 118 cm³/mol. The average Bonchev–Trinajstić information content (AvgIpc) is 3.33. The molecule has 1 unspecified atom stereocenters. The summed E-state index contributed by atoms with van der Waals surface area (Å²) < 4.78 is 16.5. The Kier molecular flexibility index (Phi) is 8.22. The molecule has 1 amide bonds.